The van der Waals surface area contributed by atoms with Gasteiger partial charge in [0.2, 0.25) is 0 Å². The molecule has 0 bridgehead atoms. The van der Waals surface area contributed by atoms with Crippen molar-refractivity contribution in [1.82, 2.24) is 9.97 Å². The van der Waals surface area contributed by atoms with Crippen molar-refractivity contribution in [2.75, 3.05) is 17.2 Å². The predicted octanol–water partition coefficient (Wildman–Crippen LogP) is 1.27. The first kappa shape index (κ1) is 11.6. The number of aryl methyl sites for hydroxylation is 1. The number of hydrogen-bond acceptors (Lipinski definition) is 5. The molecule has 17 heavy (non-hydrogen) atoms. The SMILES string of the molecule is CCOC(=O)N1c2nc(C)nc(N)c2CC1C. The molecule has 1 unspecified atom stereocenters. The van der Waals surface area contributed by atoms with E-state index in [1.54, 1.807) is 18.7 Å². The Morgan fingerprint density at radius 3 is 2.94 bits per heavy atom. The average molecular weight is 236 g/mol. The molecule has 1 amide bonds. The Kier molecular flexibility index (Phi) is 2.87. The van der Waals surface area contributed by atoms with Crippen molar-refractivity contribution < 1.29 is 9.53 Å². The van der Waals surface area contributed by atoms with Crippen LogP contribution in [0.25, 0.3) is 0 Å². The number of ether oxygens (including phenoxy) is 1. The molecule has 0 spiro atoms. The summed E-state index contributed by atoms with van der Waals surface area (Å²) in [7, 11) is 0. The molecule has 2 heterocycles. The van der Waals surface area contributed by atoms with E-state index in [4.69, 9.17) is 10.5 Å². The highest BCUT2D eigenvalue weighted by atomic mass is 16.6. The molecule has 0 fully saturated rings. The number of rotatable bonds is 1. The number of amides is 1. The van der Waals surface area contributed by atoms with Gasteiger partial charge in [0.1, 0.15) is 17.5 Å². The second kappa shape index (κ2) is 4.20. The van der Waals surface area contributed by atoms with Gasteiger partial charge in [-0.25, -0.2) is 14.8 Å². The van der Waals surface area contributed by atoms with Gasteiger partial charge in [-0.15, -0.1) is 0 Å². The van der Waals surface area contributed by atoms with Gasteiger partial charge in [-0.05, 0) is 20.8 Å². The molecule has 2 N–H and O–H groups in total. The number of aromatic nitrogens is 2. The van der Waals surface area contributed by atoms with Crippen molar-refractivity contribution in [3.05, 3.63) is 11.4 Å². The van der Waals surface area contributed by atoms with Gasteiger partial charge in [-0.3, -0.25) is 4.90 Å². The molecule has 6 heteroatoms. The molecule has 92 valence electrons. The first-order valence-electron chi connectivity index (χ1n) is 5.63. The lowest BCUT2D eigenvalue weighted by atomic mass is 10.2. The Bertz CT molecular complexity index is 461. The van der Waals surface area contributed by atoms with Gasteiger partial charge in [0.05, 0.1) is 6.61 Å². The largest absolute Gasteiger partial charge is 0.449 e. The predicted molar refractivity (Wildman–Crippen MR) is 63.8 cm³/mol. The van der Waals surface area contributed by atoms with Crippen molar-refractivity contribution in [2.45, 2.75) is 33.2 Å². The third kappa shape index (κ3) is 1.90. The molecule has 0 aliphatic carbocycles. The van der Waals surface area contributed by atoms with Gasteiger partial charge >= 0.3 is 6.09 Å². The fraction of sp³-hybridized carbons (Fsp3) is 0.545. The number of anilines is 2. The van der Waals surface area contributed by atoms with Crippen LogP contribution in [0.1, 0.15) is 25.2 Å². The zero-order valence-electron chi connectivity index (χ0n) is 10.2. The molecule has 6 nitrogen and oxygen atoms in total. The fourth-order valence-electron chi connectivity index (χ4n) is 2.05. The Morgan fingerprint density at radius 2 is 2.29 bits per heavy atom. The second-order valence-electron chi connectivity index (χ2n) is 4.08. The van der Waals surface area contributed by atoms with Crippen molar-refractivity contribution >= 4 is 17.7 Å². The van der Waals surface area contributed by atoms with Gasteiger partial charge in [0.15, 0.2) is 0 Å². The third-order valence-corrected chi connectivity index (χ3v) is 2.76. The summed E-state index contributed by atoms with van der Waals surface area (Å²) in [5.74, 6) is 1.59. The third-order valence-electron chi connectivity index (χ3n) is 2.76. The lowest BCUT2D eigenvalue weighted by molar-refractivity contribution is 0.158. The van der Waals surface area contributed by atoms with E-state index in [1.807, 2.05) is 6.92 Å². The van der Waals surface area contributed by atoms with Crippen LogP contribution in [0.3, 0.4) is 0 Å². The Balaban J connectivity index is 2.42. The quantitative estimate of drug-likeness (QED) is 0.794. The number of fused-ring (bicyclic) bond motifs is 1. The van der Waals surface area contributed by atoms with Crippen LogP contribution in [0.2, 0.25) is 0 Å². The Morgan fingerprint density at radius 1 is 1.59 bits per heavy atom. The van der Waals surface area contributed by atoms with Crippen LogP contribution in [0.15, 0.2) is 0 Å². The molecule has 1 aromatic heterocycles. The van der Waals surface area contributed by atoms with E-state index < -0.39 is 0 Å². The lowest BCUT2D eigenvalue weighted by Gasteiger charge is -2.20. The van der Waals surface area contributed by atoms with Gasteiger partial charge < -0.3 is 10.5 Å². The monoisotopic (exact) mass is 236 g/mol. The van der Waals surface area contributed by atoms with Crippen molar-refractivity contribution in [2.24, 2.45) is 0 Å². The summed E-state index contributed by atoms with van der Waals surface area (Å²) in [4.78, 5) is 21.8. The molecule has 1 atom stereocenters. The van der Waals surface area contributed by atoms with E-state index in [-0.39, 0.29) is 12.1 Å². The summed E-state index contributed by atoms with van der Waals surface area (Å²) in [5, 5.41) is 0. The molecule has 1 aromatic rings. The van der Waals surface area contributed by atoms with Crippen molar-refractivity contribution in [3.8, 4) is 0 Å². The number of hydrogen-bond donors (Lipinski definition) is 1. The minimum Gasteiger partial charge on any atom is -0.449 e. The molecule has 0 saturated heterocycles. The summed E-state index contributed by atoms with van der Waals surface area (Å²) < 4.78 is 5.02. The maximum atomic E-state index is 11.8. The summed E-state index contributed by atoms with van der Waals surface area (Å²) in [6.45, 7) is 5.81. The van der Waals surface area contributed by atoms with Crippen LogP contribution in [-0.4, -0.2) is 28.7 Å². The lowest BCUT2D eigenvalue weighted by Crippen LogP contribution is -2.36. The van der Waals surface area contributed by atoms with Crippen LogP contribution < -0.4 is 10.6 Å². The fourth-order valence-corrected chi connectivity index (χ4v) is 2.05. The van der Waals surface area contributed by atoms with Crippen LogP contribution in [0.5, 0.6) is 0 Å². The molecule has 0 saturated carbocycles. The van der Waals surface area contributed by atoms with Gasteiger partial charge in [-0.2, -0.15) is 0 Å². The maximum Gasteiger partial charge on any atom is 0.415 e. The molecular formula is C11H16N4O2. The van der Waals surface area contributed by atoms with Crippen LogP contribution >= 0.6 is 0 Å². The molecular weight excluding hydrogens is 220 g/mol. The maximum absolute atomic E-state index is 11.8. The average Bonchev–Trinajstić information content (AvgIpc) is 2.55. The number of nitrogen functional groups attached to an aromatic ring is 1. The normalized spacial score (nSPS) is 18.1. The summed E-state index contributed by atoms with van der Waals surface area (Å²) in [6, 6.07) is 0.00227. The van der Waals surface area contributed by atoms with E-state index in [0.29, 0.717) is 30.5 Å². The minimum atomic E-state index is -0.378. The van der Waals surface area contributed by atoms with Crippen LogP contribution in [-0.2, 0) is 11.2 Å². The van der Waals surface area contributed by atoms with Gasteiger partial charge in [0.25, 0.3) is 0 Å². The van der Waals surface area contributed by atoms with Gasteiger partial charge in [-0.1, -0.05) is 0 Å². The summed E-state index contributed by atoms with van der Waals surface area (Å²) >= 11 is 0. The van der Waals surface area contributed by atoms with Gasteiger partial charge in [0, 0.05) is 18.0 Å². The van der Waals surface area contributed by atoms with E-state index in [9.17, 15) is 4.79 Å². The van der Waals surface area contributed by atoms with Crippen molar-refractivity contribution in [1.29, 1.82) is 0 Å². The minimum absolute atomic E-state index is 0.00227. The second-order valence-corrected chi connectivity index (χ2v) is 4.08. The van der Waals surface area contributed by atoms with E-state index in [0.717, 1.165) is 5.56 Å². The van der Waals surface area contributed by atoms with Crippen LogP contribution in [0, 0.1) is 6.92 Å². The zero-order chi connectivity index (χ0) is 12.6. The highest BCUT2D eigenvalue weighted by Gasteiger charge is 2.35. The zero-order valence-corrected chi connectivity index (χ0v) is 10.2. The highest BCUT2D eigenvalue weighted by molar-refractivity contribution is 5.90. The number of carbonyl (C=O) groups excluding carboxylic acids is 1. The summed E-state index contributed by atoms with van der Waals surface area (Å²) in [5.41, 5.74) is 6.67. The summed E-state index contributed by atoms with van der Waals surface area (Å²) in [6.07, 6.45) is 0.288. The number of nitrogens with zero attached hydrogens (tertiary/aromatic N) is 3. The smallest absolute Gasteiger partial charge is 0.415 e. The van der Waals surface area contributed by atoms with E-state index >= 15 is 0 Å². The first-order chi connectivity index (χ1) is 8.04. The van der Waals surface area contributed by atoms with E-state index in [1.165, 1.54) is 0 Å². The first-order valence-corrected chi connectivity index (χ1v) is 5.63. The topological polar surface area (TPSA) is 81.3 Å². The van der Waals surface area contributed by atoms with Crippen LogP contribution in [0.4, 0.5) is 16.4 Å². The number of nitrogens with two attached hydrogens (primary N) is 1. The molecule has 1 aliphatic rings. The number of carbonyl (C=O) groups is 1. The molecule has 0 aromatic carbocycles. The highest BCUT2D eigenvalue weighted by Crippen LogP contribution is 2.33. The molecule has 0 radical (unpaired) electrons. The Hall–Kier alpha value is -1.85. The van der Waals surface area contributed by atoms with Crippen molar-refractivity contribution in [3.63, 3.8) is 0 Å². The Labute approximate surface area is 99.8 Å². The standard InChI is InChI=1S/C11H16N4O2/c1-4-17-11(16)15-6(2)5-8-9(12)13-7(3)14-10(8)15/h6H,4-5H2,1-3H3,(H2,12,13,14). The van der Waals surface area contributed by atoms with E-state index in [2.05, 4.69) is 9.97 Å². The molecule has 1 aliphatic heterocycles. The molecule has 2 rings (SSSR count).